The van der Waals surface area contributed by atoms with Crippen molar-refractivity contribution in [2.45, 2.75) is 16.8 Å². The van der Waals surface area contributed by atoms with Crippen LogP contribution in [0.5, 0.6) is 0 Å². The zero-order chi connectivity index (χ0) is 31.7. The topological polar surface area (TPSA) is 34.1 Å². The standard InChI is InChI=1S/2C17H14O.C6H10I2.2Pd/c2*18-17(13-11-15-7-3-1-4-8-15)14-12-16-9-5-2-6-10-16;1-2-3-4-6(8)5-7;;/h2*1-14H;2,6H,1,3-5H2;;. The Hall–Kier alpha value is -2.30. The molecule has 0 fully saturated rings. The van der Waals surface area contributed by atoms with E-state index in [1.807, 2.05) is 152 Å². The van der Waals surface area contributed by atoms with E-state index in [0.717, 1.165) is 32.6 Å². The second kappa shape index (κ2) is 28.9. The van der Waals surface area contributed by atoms with Crippen molar-refractivity contribution in [1.82, 2.24) is 0 Å². The van der Waals surface area contributed by atoms with E-state index in [-0.39, 0.29) is 52.4 Å². The molecule has 4 aromatic rings. The first-order valence-corrected chi connectivity index (χ1v) is 17.1. The number of halogens is 2. The first-order chi connectivity index (χ1) is 21.5. The zero-order valence-electron chi connectivity index (χ0n) is 25.4. The molecule has 4 rings (SSSR count). The SMILES string of the molecule is C=CCCC(I)CI.O=C(C=Cc1ccccc1)C=Cc1ccccc1.O=C(C=Cc1ccccc1)C=Cc1ccccc1.[Pd].[Pd]. The fourth-order valence-corrected chi connectivity index (χ4v) is 4.26. The molecule has 0 aliphatic heterocycles. The summed E-state index contributed by atoms with van der Waals surface area (Å²) in [4.78, 5) is 23.2. The van der Waals surface area contributed by atoms with E-state index in [1.54, 1.807) is 24.3 Å². The predicted molar refractivity (Wildman–Crippen MR) is 208 cm³/mol. The third kappa shape index (κ3) is 22.3. The molecule has 1 unspecified atom stereocenters. The van der Waals surface area contributed by atoms with Crippen LogP contribution in [0.3, 0.4) is 0 Å². The van der Waals surface area contributed by atoms with Crippen molar-refractivity contribution in [1.29, 1.82) is 0 Å². The van der Waals surface area contributed by atoms with Gasteiger partial charge in [0.1, 0.15) is 0 Å². The summed E-state index contributed by atoms with van der Waals surface area (Å²) in [7, 11) is 0. The molecule has 0 aliphatic rings. The Bertz CT molecular complexity index is 1280. The average molecular weight is 1020 g/mol. The third-order valence-corrected chi connectivity index (χ3v) is 9.62. The summed E-state index contributed by atoms with van der Waals surface area (Å²) >= 11 is 4.88. The van der Waals surface area contributed by atoms with Crippen LogP contribution in [-0.4, -0.2) is 19.9 Å². The molecule has 0 aromatic heterocycles. The fraction of sp³-hybridized carbons (Fsp3) is 0.100. The van der Waals surface area contributed by atoms with Crippen molar-refractivity contribution in [3.8, 4) is 0 Å². The van der Waals surface area contributed by atoms with Crippen molar-refractivity contribution < 1.29 is 50.4 Å². The van der Waals surface area contributed by atoms with Crippen molar-refractivity contribution in [2.24, 2.45) is 0 Å². The Kier molecular flexibility index (Phi) is 27.4. The van der Waals surface area contributed by atoms with Crippen LogP contribution < -0.4 is 0 Å². The van der Waals surface area contributed by atoms with Crippen molar-refractivity contribution in [3.63, 3.8) is 0 Å². The van der Waals surface area contributed by atoms with Gasteiger partial charge in [0.15, 0.2) is 11.6 Å². The molecule has 0 radical (unpaired) electrons. The molecule has 0 bridgehead atoms. The van der Waals surface area contributed by atoms with Gasteiger partial charge in [-0.2, -0.15) is 0 Å². The first kappa shape index (κ1) is 43.7. The molecule has 0 spiro atoms. The van der Waals surface area contributed by atoms with Gasteiger partial charge in [0.05, 0.1) is 0 Å². The molecular weight excluding hydrogens is 979 g/mol. The molecule has 0 saturated heterocycles. The second-order valence-corrected chi connectivity index (χ2v) is 12.0. The molecule has 6 heteroatoms. The average Bonchev–Trinajstić information content (AvgIpc) is 3.09. The quantitative estimate of drug-likeness (QED) is 0.0466. The first-order valence-electron chi connectivity index (χ1n) is 14.3. The summed E-state index contributed by atoms with van der Waals surface area (Å²) in [5, 5.41) is 0. The largest absolute Gasteiger partial charge is 0.290 e. The minimum atomic E-state index is -0.0114. The van der Waals surface area contributed by atoms with Gasteiger partial charge in [-0.05, 0) is 59.4 Å². The van der Waals surface area contributed by atoms with Crippen molar-refractivity contribution in [2.75, 3.05) is 4.43 Å². The van der Waals surface area contributed by atoms with E-state index in [0.29, 0.717) is 0 Å². The number of alkyl halides is 2. The summed E-state index contributed by atoms with van der Waals surface area (Å²) in [6.07, 6.45) is 18.0. The molecule has 0 aliphatic carbocycles. The predicted octanol–water partition coefficient (Wildman–Crippen LogP) is 11.2. The number of carbonyl (C=O) groups is 2. The maximum Gasteiger partial charge on any atom is 0.178 e. The number of rotatable bonds is 12. The number of benzene rings is 4. The Balaban J connectivity index is 0.000000694. The van der Waals surface area contributed by atoms with Gasteiger partial charge in [0.25, 0.3) is 0 Å². The van der Waals surface area contributed by atoms with Crippen LogP contribution in [0.25, 0.3) is 24.3 Å². The summed E-state index contributed by atoms with van der Waals surface area (Å²) in [5.41, 5.74) is 4.11. The van der Waals surface area contributed by atoms with Gasteiger partial charge < -0.3 is 0 Å². The van der Waals surface area contributed by atoms with Crippen LogP contribution in [0, 0.1) is 0 Å². The normalized spacial score (nSPS) is 11.0. The maximum atomic E-state index is 11.6. The van der Waals surface area contributed by atoms with Gasteiger partial charge in [-0.3, -0.25) is 9.59 Å². The van der Waals surface area contributed by atoms with Gasteiger partial charge in [0.2, 0.25) is 0 Å². The molecule has 0 heterocycles. The number of allylic oxidation sites excluding steroid dienone is 5. The number of hydrogen-bond acceptors (Lipinski definition) is 2. The van der Waals surface area contributed by atoms with Gasteiger partial charge in [-0.15, -0.1) is 6.58 Å². The fourth-order valence-electron chi connectivity index (χ4n) is 3.46. The smallest absolute Gasteiger partial charge is 0.178 e. The Morgan fingerprint density at radius 2 is 0.804 bits per heavy atom. The van der Waals surface area contributed by atoms with Gasteiger partial charge in [0, 0.05) is 49.2 Å². The Morgan fingerprint density at radius 3 is 1.02 bits per heavy atom. The molecule has 46 heavy (non-hydrogen) atoms. The van der Waals surface area contributed by atoms with E-state index in [1.165, 1.54) is 10.8 Å². The van der Waals surface area contributed by atoms with Gasteiger partial charge in [-0.25, -0.2) is 0 Å². The van der Waals surface area contributed by atoms with Crippen LogP contribution in [0.2, 0.25) is 0 Å². The van der Waals surface area contributed by atoms with Gasteiger partial charge in [-0.1, -0.05) is 197 Å². The van der Waals surface area contributed by atoms with E-state index < -0.39 is 0 Å². The van der Waals surface area contributed by atoms with Crippen LogP contribution in [0.15, 0.2) is 158 Å². The van der Waals surface area contributed by atoms with E-state index in [2.05, 4.69) is 51.8 Å². The monoisotopic (exact) mass is 1020 g/mol. The van der Waals surface area contributed by atoms with E-state index in [4.69, 9.17) is 0 Å². The van der Waals surface area contributed by atoms with Crippen LogP contribution in [-0.2, 0) is 50.4 Å². The Labute approximate surface area is 329 Å². The summed E-state index contributed by atoms with van der Waals surface area (Å²) in [6.45, 7) is 3.66. The third-order valence-electron chi connectivity index (χ3n) is 5.81. The van der Waals surface area contributed by atoms with Gasteiger partial charge >= 0.3 is 0 Å². The van der Waals surface area contributed by atoms with Crippen LogP contribution in [0.1, 0.15) is 35.1 Å². The molecule has 2 nitrogen and oxygen atoms in total. The van der Waals surface area contributed by atoms with Crippen molar-refractivity contribution in [3.05, 3.63) is 181 Å². The molecule has 1 atom stereocenters. The maximum absolute atomic E-state index is 11.6. The minimum absolute atomic E-state index is 0. The Morgan fingerprint density at radius 1 is 0.543 bits per heavy atom. The van der Waals surface area contributed by atoms with Crippen molar-refractivity contribution >= 4 is 81.1 Å². The summed E-state index contributed by atoms with van der Waals surface area (Å²) < 4.78 is 2.10. The molecule has 0 saturated carbocycles. The summed E-state index contributed by atoms with van der Waals surface area (Å²) in [5.74, 6) is -0.0228. The number of carbonyl (C=O) groups excluding carboxylic acids is 2. The number of ketones is 2. The van der Waals surface area contributed by atoms with E-state index in [9.17, 15) is 9.59 Å². The molecule has 0 N–H and O–H groups in total. The van der Waals surface area contributed by atoms with Crippen LogP contribution in [0.4, 0.5) is 0 Å². The molecular formula is C40H38I2O2Pd2. The minimum Gasteiger partial charge on any atom is -0.290 e. The number of hydrogen-bond donors (Lipinski definition) is 0. The molecule has 4 aromatic carbocycles. The van der Waals surface area contributed by atoms with E-state index >= 15 is 0 Å². The zero-order valence-corrected chi connectivity index (χ0v) is 32.8. The molecule has 244 valence electrons. The van der Waals surface area contributed by atoms with Crippen LogP contribution >= 0.6 is 45.2 Å². The second-order valence-electron chi connectivity index (χ2n) is 9.40. The molecule has 0 amide bonds. The summed E-state index contributed by atoms with van der Waals surface area (Å²) in [6, 6.07) is 39.1.